The van der Waals surface area contributed by atoms with Crippen molar-refractivity contribution in [1.82, 2.24) is 5.32 Å². The van der Waals surface area contributed by atoms with Gasteiger partial charge in [-0.2, -0.15) is 0 Å². The van der Waals surface area contributed by atoms with Gasteiger partial charge in [0.15, 0.2) is 0 Å². The molecule has 1 N–H and O–H groups in total. The van der Waals surface area contributed by atoms with Gasteiger partial charge in [0.2, 0.25) is 0 Å². The summed E-state index contributed by atoms with van der Waals surface area (Å²) in [6.45, 7) is 10.5. The minimum absolute atomic E-state index is 0.700. The summed E-state index contributed by atoms with van der Waals surface area (Å²) in [6.07, 6.45) is 2.27. The van der Waals surface area contributed by atoms with Gasteiger partial charge in [-0.3, -0.25) is 0 Å². The molecule has 0 atom stereocenters. The molecule has 0 aliphatic heterocycles. The zero-order chi connectivity index (χ0) is 14.8. The van der Waals surface area contributed by atoms with Gasteiger partial charge in [0.05, 0.1) is 0 Å². The van der Waals surface area contributed by atoms with E-state index in [2.05, 4.69) is 47.2 Å². The number of ether oxygens (including phenoxy) is 2. The number of unbranched alkanes of at least 4 members (excludes halogenated alkanes) is 1. The van der Waals surface area contributed by atoms with Crippen LogP contribution < -0.4 is 10.1 Å². The maximum atomic E-state index is 5.76. The van der Waals surface area contributed by atoms with Crippen LogP contribution in [0, 0.1) is 13.8 Å². The van der Waals surface area contributed by atoms with Gasteiger partial charge >= 0.3 is 0 Å². The van der Waals surface area contributed by atoms with Gasteiger partial charge in [-0.15, -0.1) is 0 Å². The van der Waals surface area contributed by atoms with Crippen molar-refractivity contribution in [3.8, 4) is 5.75 Å². The second-order valence-corrected chi connectivity index (χ2v) is 5.67. The first-order valence-corrected chi connectivity index (χ1v) is 8.12. The van der Waals surface area contributed by atoms with Crippen LogP contribution in [0.5, 0.6) is 5.75 Å². The lowest BCUT2D eigenvalue weighted by atomic mass is 10.1. The number of halogens is 1. The van der Waals surface area contributed by atoms with E-state index in [9.17, 15) is 0 Å². The number of rotatable bonds is 10. The summed E-state index contributed by atoms with van der Waals surface area (Å²) in [5.74, 6) is 0.946. The van der Waals surface area contributed by atoms with Crippen LogP contribution in [-0.2, 0) is 4.74 Å². The van der Waals surface area contributed by atoms with Gasteiger partial charge in [0.1, 0.15) is 12.4 Å². The molecule has 0 radical (unpaired) electrons. The van der Waals surface area contributed by atoms with E-state index >= 15 is 0 Å². The third-order valence-electron chi connectivity index (χ3n) is 3.05. The Bertz CT molecular complexity index is 373. The monoisotopic (exact) mass is 343 g/mol. The molecule has 0 aromatic heterocycles. The topological polar surface area (TPSA) is 30.5 Å². The SMILES string of the molecule is CCOCCCCNCCOc1cc(C)c(Br)c(C)c1. The molecule has 0 fully saturated rings. The molecule has 1 rings (SSSR count). The van der Waals surface area contributed by atoms with Crippen molar-refractivity contribution in [2.24, 2.45) is 0 Å². The molecule has 4 heteroatoms. The molecule has 1 aromatic rings. The molecule has 3 nitrogen and oxygen atoms in total. The Balaban J connectivity index is 2.10. The van der Waals surface area contributed by atoms with Crippen molar-refractivity contribution in [3.63, 3.8) is 0 Å². The van der Waals surface area contributed by atoms with Crippen LogP contribution in [0.4, 0.5) is 0 Å². The first-order chi connectivity index (χ1) is 9.65. The molecule has 20 heavy (non-hydrogen) atoms. The lowest BCUT2D eigenvalue weighted by Crippen LogP contribution is -2.22. The van der Waals surface area contributed by atoms with Crippen LogP contribution >= 0.6 is 15.9 Å². The molecule has 0 saturated heterocycles. The van der Waals surface area contributed by atoms with Crippen molar-refractivity contribution in [1.29, 1.82) is 0 Å². The van der Waals surface area contributed by atoms with Gasteiger partial charge < -0.3 is 14.8 Å². The van der Waals surface area contributed by atoms with Crippen LogP contribution in [0.2, 0.25) is 0 Å². The van der Waals surface area contributed by atoms with Gasteiger partial charge in [-0.25, -0.2) is 0 Å². The van der Waals surface area contributed by atoms with Crippen molar-refractivity contribution in [2.45, 2.75) is 33.6 Å². The molecule has 0 bridgehead atoms. The molecule has 114 valence electrons. The predicted molar refractivity (Wildman–Crippen MR) is 87.7 cm³/mol. The Morgan fingerprint density at radius 2 is 1.75 bits per heavy atom. The maximum absolute atomic E-state index is 5.76. The van der Waals surface area contributed by atoms with Crippen LogP contribution in [0.3, 0.4) is 0 Å². The Morgan fingerprint density at radius 3 is 2.40 bits per heavy atom. The van der Waals surface area contributed by atoms with E-state index in [1.165, 1.54) is 11.1 Å². The summed E-state index contributed by atoms with van der Waals surface area (Å²) < 4.78 is 12.2. The number of nitrogens with one attached hydrogen (secondary N) is 1. The summed E-state index contributed by atoms with van der Waals surface area (Å²) in [5.41, 5.74) is 2.42. The van der Waals surface area contributed by atoms with E-state index in [-0.39, 0.29) is 0 Å². The van der Waals surface area contributed by atoms with Crippen molar-refractivity contribution >= 4 is 15.9 Å². The number of benzene rings is 1. The smallest absolute Gasteiger partial charge is 0.119 e. The van der Waals surface area contributed by atoms with Gasteiger partial charge in [0, 0.05) is 24.2 Å². The number of hydrogen-bond donors (Lipinski definition) is 1. The molecule has 0 unspecified atom stereocenters. The molecule has 0 saturated carbocycles. The van der Waals surface area contributed by atoms with Crippen molar-refractivity contribution in [3.05, 3.63) is 27.7 Å². The number of hydrogen-bond acceptors (Lipinski definition) is 3. The molecule has 1 aromatic carbocycles. The van der Waals surface area contributed by atoms with Crippen LogP contribution in [0.15, 0.2) is 16.6 Å². The van der Waals surface area contributed by atoms with Crippen LogP contribution in [0.25, 0.3) is 0 Å². The Morgan fingerprint density at radius 1 is 1.05 bits per heavy atom. The van der Waals surface area contributed by atoms with Gasteiger partial charge in [-0.1, -0.05) is 15.9 Å². The summed E-state index contributed by atoms with van der Waals surface area (Å²) in [5, 5.41) is 3.38. The first kappa shape index (κ1) is 17.5. The first-order valence-electron chi connectivity index (χ1n) is 7.33. The fraction of sp³-hybridized carbons (Fsp3) is 0.625. The molecule has 0 aliphatic carbocycles. The largest absolute Gasteiger partial charge is 0.492 e. The normalized spacial score (nSPS) is 10.8. The average molecular weight is 344 g/mol. The highest BCUT2D eigenvalue weighted by Crippen LogP contribution is 2.26. The van der Waals surface area contributed by atoms with E-state index < -0.39 is 0 Å². The minimum Gasteiger partial charge on any atom is -0.492 e. The summed E-state index contributed by atoms with van der Waals surface area (Å²) in [6, 6.07) is 4.14. The molecular weight excluding hydrogens is 318 g/mol. The van der Waals surface area contributed by atoms with Gasteiger partial charge in [0.25, 0.3) is 0 Å². The van der Waals surface area contributed by atoms with E-state index in [4.69, 9.17) is 9.47 Å². The van der Waals surface area contributed by atoms with Crippen LogP contribution in [0.1, 0.15) is 30.9 Å². The summed E-state index contributed by atoms with van der Waals surface area (Å²) in [4.78, 5) is 0. The minimum atomic E-state index is 0.700. The highest BCUT2D eigenvalue weighted by Gasteiger charge is 2.02. The molecule has 0 heterocycles. The lowest BCUT2D eigenvalue weighted by Gasteiger charge is -2.10. The van der Waals surface area contributed by atoms with E-state index in [1.54, 1.807) is 0 Å². The molecule has 0 amide bonds. The fourth-order valence-corrected chi connectivity index (χ4v) is 2.18. The maximum Gasteiger partial charge on any atom is 0.119 e. The zero-order valence-electron chi connectivity index (χ0n) is 12.8. The van der Waals surface area contributed by atoms with Crippen LogP contribution in [-0.4, -0.2) is 32.9 Å². The fourth-order valence-electron chi connectivity index (χ4n) is 1.95. The Hall–Kier alpha value is -0.580. The van der Waals surface area contributed by atoms with Crippen molar-refractivity contribution in [2.75, 3.05) is 32.9 Å². The lowest BCUT2D eigenvalue weighted by molar-refractivity contribution is 0.143. The second kappa shape index (κ2) is 10.2. The molecule has 0 aliphatic rings. The van der Waals surface area contributed by atoms with E-state index in [1.807, 2.05) is 6.92 Å². The quantitative estimate of drug-likeness (QED) is 0.654. The van der Waals surface area contributed by atoms with Crippen molar-refractivity contribution < 1.29 is 9.47 Å². The predicted octanol–water partition coefficient (Wildman–Crippen LogP) is 3.85. The third-order valence-corrected chi connectivity index (χ3v) is 4.30. The highest BCUT2D eigenvalue weighted by molar-refractivity contribution is 9.10. The average Bonchev–Trinajstić information content (AvgIpc) is 2.43. The van der Waals surface area contributed by atoms with Gasteiger partial charge in [-0.05, 0) is 63.4 Å². The summed E-state index contributed by atoms with van der Waals surface area (Å²) >= 11 is 3.56. The zero-order valence-corrected chi connectivity index (χ0v) is 14.4. The number of aryl methyl sites for hydroxylation is 2. The highest BCUT2D eigenvalue weighted by atomic mass is 79.9. The molecular formula is C16H26BrNO2. The Labute approximate surface area is 131 Å². The Kier molecular flexibility index (Phi) is 8.90. The van der Waals surface area contributed by atoms with E-state index in [0.29, 0.717) is 6.61 Å². The summed E-state index contributed by atoms with van der Waals surface area (Å²) in [7, 11) is 0. The standard InChI is InChI=1S/C16H26BrNO2/c1-4-19-9-6-5-7-18-8-10-20-15-11-13(2)16(17)14(3)12-15/h11-12,18H,4-10H2,1-3H3. The second-order valence-electron chi connectivity index (χ2n) is 4.87. The van der Waals surface area contributed by atoms with E-state index in [0.717, 1.165) is 49.4 Å². The molecule has 0 spiro atoms. The third kappa shape index (κ3) is 6.73.